The lowest BCUT2D eigenvalue weighted by Crippen LogP contribution is -2.24. The van der Waals surface area contributed by atoms with Crippen LogP contribution in [0.2, 0.25) is 0 Å². The second-order valence-corrected chi connectivity index (χ2v) is 5.16. The van der Waals surface area contributed by atoms with Crippen molar-refractivity contribution < 1.29 is 4.79 Å². The molecule has 3 rings (SSSR count). The predicted molar refractivity (Wildman–Crippen MR) is 70.1 cm³/mol. The van der Waals surface area contributed by atoms with Gasteiger partial charge in [-0.05, 0) is 36.8 Å². The molecule has 0 amide bonds. The van der Waals surface area contributed by atoms with Gasteiger partial charge in [-0.15, -0.1) is 0 Å². The summed E-state index contributed by atoms with van der Waals surface area (Å²) >= 11 is 0. The molecule has 1 atom stereocenters. The van der Waals surface area contributed by atoms with Gasteiger partial charge in [0.15, 0.2) is 5.78 Å². The minimum atomic E-state index is 0.198. The second kappa shape index (κ2) is 4.14. The standard InChI is InChI=1S/C16H18O/c1-2-11-7-8-15-13(9-11)10-12-5-3-4-6-14(12)16(15)17/h7-10,14H,2-6H2,1H3. The molecule has 0 spiro atoms. The summed E-state index contributed by atoms with van der Waals surface area (Å²) in [5, 5.41) is 0. The third kappa shape index (κ3) is 1.74. The Morgan fingerprint density at radius 2 is 2.18 bits per heavy atom. The van der Waals surface area contributed by atoms with E-state index >= 15 is 0 Å². The summed E-state index contributed by atoms with van der Waals surface area (Å²) in [7, 11) is 0. The van der Waals surface area contributed by atoms with E-state index in [0.29, 0.717) is 5.78 Å². The molecule has 0 bridgehead atoms. The fourth-order valence-corrected chi connectivity index (χ4v) is 3.07. The van der Waals surface area contributed by atoms with E-state index in [4.69, 9.17) is 0 Å². The Kier molecular flexibility index (Phi) is 2.62. The number of benzene rings is 1. The first-order valence-electron chi connectivity index (χ1n) is 6.67. The van der Waals surface area contributed by atoms with Gasteiger partial charge in [0.05, 0.1) is 0 Å². The van der Waals surface area contributed by atoms with Crippen LogP contribution in [0.3, 0.4) is 0 Å². The molecule has 1 nitrogen and oxygen atoms in total. The average molecular weight is 226 g/mol. The Morgan fingerprint density at radius 1 is 1.29 bits per heavy atom. The predicted octanol–water partition coefficient (Wildman–Crippen LogP) is 4.02. The summed E-state index contributed by atoms with van der Waals surface area (Å²) in [6.45, 7) is 2.16. The molecule has 1 fully saturated rings. The molecule has 1 aromatic rings. The Balaban J connectivity index is 2.09. The Hall–Kier alpha value is -1.37. The summed E-state index contributed by atoms with van der Waals surface area (Å²) < 4.78 is 0. The summed E-state index contributed by atoms with van der Waals surface area (Å²) in [6.07, 6.45) is 7.94. The lowest BCUT2D eigenvalue weighted by Gasteiger charge is -2.29. The van der Waals surface area contributed by atoms with Crippen molar-refractivity contribution in [2.24, 2.45) is 5.92 Å². The van der Waals surface area contributed by atoms with Crippen molar-refractivity contribution in [3.8, 4) is 0 Å². The maximum atomic E-state index is 12.4. The fourth-order valence-electron chi connectivity index (χ4n) is 3.07. The van der Waals surface area contributed by atoms with Crippen molar-refractivity contribution in [3.63, 3.8) is 0 Å². The highest BCUT2D eigenvalue weighted by molar-refractivity contribution is 6.05. The quantitative estimate of drug-likeness (QED) is 0.707. The summed E-state index contributed by atoms with van der Waals surface area (Å²) in [6, 6.07) is 6.31. The van der Waals surface area contributed by atoms with Gasteiger partial charge in [-0.2, -0.15) is 0 Å². The average Bonchev–Trinajstić information content (AvgIpc) is 2.38. The molecule has 17 heavy (non-hydrogen) atoms. The zero-order chi connectivity index (χ0) is 11.8. The highest BCUT2D eigenvalue weighted by atomic mass is 16.1. The lowest BCUT2D eigenvalue weighted by atomic mass is 9.74. The maximum absolute atomic E-state index is 12.4. The van der Waals surface area contributed by atoms with Crippen LogP contribution in [-0.2, 0) is 6.42 Å². The van der Waals surface area contributed by atoms with Crippen molar-refractivity contribution in [2.75, 3.05) is 0 Å². The zero-order valence-electron chi connectivity index (χ0n) is 10.3. The number of aryl methyl sites for hydroxylation is 1. The molecule has 1 saturated carbocycles. The minimum absolute atomic E-state index is 0.198. The molecule has 0 heterocycles. The molecule has 0 saturated heterocycles. The first-order chi connectivity index (χ1) is 8.29. The second-order valence-electron chi connectivity index (χ2n) is 5.16. The first kappa shape index (κ1) is 10.8. The number of carbonyl (C=O) groups excluding carboxylic acids is 1. The number of carbonyl (C=O) groups is 1. The van der Waals surface area contributed by atoms with Crippen LogP contribution in [0.1, 0.15) is 54.1 Å². The van der Waals surface area contributed by atoms with E-state index in [1.807, 2.05) is 6.07 Å². The Bertz CT molecular complexity index is 496. The van der Waals surface area contributed by atoms with Gasteiger partial charge in [-0.1, -0.05) is 43.2 Å². The van der Waals surface area contributed by atoms with Crippen LogP contribution in [0.15, 0.2) is 23.8 Å². The molecule has 1 unspecified atom stereocenters. The number of hydrogen-bond acceptors (Lipinski definition) is 1. The number of fused-ring (bicyclic) bond motifs is 2. The number of ketones is 1. The van der Waals surface area contributed by atoms with Gasteiger partial charge in [-0.25, -0.2) is 0 Å². The Labute approximate surface area is 103 Å². The van der Waals surface area contributed by atoms with Crippen LogP contribution in [-0.4, -0.2) is 5.78 Å². The van der Waals surface area contributed by atoms with Crippen LogP contribution in [0.4, 0.5) is 0 Å². The van der Waals surface area contributed by atoms with Gasteiger partial charge in [0.2, 0.25) is 0 Å². The van der Waals surface area contributed by atoms with Crippen molar-refractivity contribution in [1.29, 1.82) is 0 Å². The normalized spacial score (nSPS) is 22.8. The van der Waals surface area contributed by atoms with Gasteiger partial charge >= 0.3 is 0 Å². The number of Topliss-reactive ketones (excluding diaryl/α,β-unsaturated/α-hetero) is 1. The minimum Gasteiger partial charge on any atom is -0.293 e. The van der Waals surface area contributed by atoms with Crippen molar-refractivity contribution >= 4 is 11.9 Å². The van der Waals surface area contributed by atoms with Crippen LogP contribution in [0.25, 0.3) is 6.08 Å². The topological polar surface area (TPSA) is 17.1 Å². The third-order valence-corrected chi connectivity index (χ3v) is 4.10. The number of rotatable bonds is 1. The van der Waals surface area contributed by atoms with E-state index < -0.39 is 0 Å². The first-order valence-corrected chi connectivity index (χ1v) is 6.67. The van der Waals surface area contributed by atoms with Crippen molar-refractivity contribution in [1.82, 2.24) is 0 Å². The van der Waals surface area contributed by atoms with Crippen LogP contribution in [0.5, 0.6) is 0 Å². The Morgan fingerprint density at radius 3 is 3.00 bits per heavy atom. The molecule has 0 aromatic heterocycles. The van der Waals surface area contributed by atoms with E-state index in [2.05, 4.69) is 25.1 Å². The molecule has 0 N–H and O–H groups in total. The molecule has 0 radical (unpaired) electrons. The highest BCUT2D eigenvalue weighted by Crippen LogP contribution is 2.38. The molecule has 1 heteroatoms. The van der Waals surface area contributed by atoms with Crippen molar-refractivity contribution in [2.45, 2.75) is 39.0 Å². The molecular formula is C16H18O. The molecular weight excluding hydrogens is 208 g/mol. The summed E-state index contributed by atoms with van der Waals surface area (Å²) in [5.74, 6) is 0.559. The van der Waals surface area contributed by atoms with Gasteiger partial charge in [0.25, 0.3) is 0 Å². The molecule has 0 aliphatic heterocycles. The van der Waals surface area contributed by atoms with E-state index in [0.717, 1.165) is 30.4 Å². The molecule has 1 aromatic carbocycles. The molecule has 2 aliphatic rings. The maximum Gasteiger partial charge on any atom is 0.170 e. The SMILES string of the molecule is CCc1ccc2c(c1)C=C1CCCCC1C2=O. The number of allylic oxidation sites excluding steroid dienone is 1. The van der Waals surface area contributed by atoms with Gasteiger partial charge in [-0.3, -0.25) is 4.79 Å². The summed E-state index contributed by atoms with van der Waals surface area (Å²) in [5.41, 5.74) is 4.80. The molecule has 2 aliphatic carbocycles. The molecule has 88 valence electrons. The van der Waals surface area contributed by atoms with Gasteiger partial charge in [0, 0.05) is 11.5 Å². The third-order valence-electron chi connectivity index (χ3n) is 4.10. The largest absolute Gasteiger partial charge is 0.293 e. The summed E-state index contributed by atoms with van der Waals surface area (Å²) in [4.78, 5) is 12.4. The van der Waals surface area contributed by atoms with Gasteiger partial charge < -0.3 is 0 Å². The monoisotopic (exact) mass is 226 g/mol. The van der Waals surface area contributed by atoms with Crippen LogP contribution >= 0.6 is 0 Å². The van der Waals surface area contributed by atoms with E-state index in [-0.39, 0.29) is 5.92 Å². The highest BCUT2D eigenvalue weighted by Gasteiger charge is 2.31. The smallest absolute Gasteiger partial charge is 0.170 e. The van der Waals surface area contributed by atoms with Gasteiger partial charge in [0.1, 0.15) is 0 Å². The van der Waals surface area contributed by atoms with Crippen molar-refractivity contribution in [3.05, 3.63) is 40.5 Å². The van der Waals surface area contributed by atoms with Crippen LogP contribution in [0, 0.1) is 5.92 Å². The number of hydrogen-bond donors (Lipinski definition) is 0. The fraction of sp³-hybridized carbons (Fsp3) is 0.438. The van der Waals surface area contributed by atoms with E-state index in [1.54, 1.807) is 0 Å². The van der Waals surface area contributed by atoms with E-state index in [9.17, 15) is 4.79 Å². The lowest BCUT2D eigenvalue weighted by molar-refractivity contribution is 0.0922. The van der Waals surface area contributed by atoms with E-state index in [1.165, 1.54) is 24.0 Å². The van der Waals surface area contributed by atoms with Crippen LogP contribution < -0.4 is 0 Å². The zero-order valence-corrected chi connectivity index (χ0v) is 10.3.